The third-order valence-corrected chi connectivity index (χ3v) is 4.45. The summed E-state index contributed by atoms with van der Waals surface area (Å²) in [5, 5.41) is 16.2. The summed E-state index contributed by atoms with van der Waals surface area (Å²) in [6, 6.07) is -4.59. The van der Waals surface area contributed by atoms with Crippen molar-refractivity contribution in [3.63, 3.8) is 0 Å². The molecule has 1 heterocycles. The zero-order chi connectivity index (χ0) is 24.4. The fraction of sp³-hybridized carbons (Fsp3) is 0.579. The number of amides is 4. The average Bonchev–Trinajstić information content (AvgIpc) is 3.18. The second-order valence-electron chi connectivity index (χ2n) is 7.88. The van der Waals surface area contributed by atoms with E-state index in [0.717, 1.165) is 0 Å². The summed E-state index contributed by atoms with van der Waals surface area (Å²) in [5.41, 5.74) is 11.4. The standard InChI is InChI=1S/C19H31N7O6/c1-9(2)4-12(20)17(29)25-13(5-11-7-22-8-23-11)18(30)24-10(3)16(28)26-14(19(31)32)6-15(21)27/h7-10,12-14H,4-6,20H2,1-3H3,(H2,21,27)(H,22,23)(H,24,30)(H,25,29)(H,26,28)(H,31,32). The Morgan fingerprint density at radius 1 is 1.03 bits per heavy atom. The van der Waals surface area contributed by atoms with Crippen LogP contribution in [0.2, 0.25) is 0 Å². The minimum absolute atomic E-state index is 0.0553. The molecule has 4 amide bonds. The molecule has 0 saturated carbocycles. The highest BCUT2D eigenvalue weighted by atomic mass is 16.4. The molecule has 0 fully saturated rings. The largest absolute Gasteiger partial charge is 0.480 e. The molecule has 1 rings (SSSR count). The van der Waals surface area contributed by atoms with Gasteiger partial charge in [0.05, 0.1) is 18.8 Å². The van der Waals surface area contributed by atoms with Crippen molar-refractivity contribution in [2.45, 2.75) is 64.2 Å². The van der Waals surface area contributed by atoms with Crippen LogP contribution in [0.25, 0.3) is 0 Å². The Kier molecular flexibility index (Phi) is 10.3. The molecule has 0 spiro atoms. The summed E-state index contributed by atoms with van der Waals surface area (Å²) in [7, 11) is 0. The van der Waals surface area contributed by atoms with Gasteiger partial charge < -0.3 is 37.5 Å². The van der Waals surface area contributed by atoms with Gasteiger partial charge in [0.2, 0.25) is 23.6 Å². The number of aliphatic carboxylic acids is 1. The molecule has 4 atom stereocenters. The molecule has 1 aromatic heterocycles. The minimum atomic E-state index is -1.53. The van der Waals surface area contributed by atoms with Crippen LogP contribution in [0.1, 0.15) is 39.3 Å². The van der Waals surface area contributed by atoms with Gasteiger partial charge in [-0.15, -0.1) is 0 Å². The van der Waals surface area contributed by atoms with Gasteiger partial charge in [0.15, 0.2) is 0 Å². The highest BCUT2D eigenvalue weighted by molar-refractivity contribution is 5.94. The number of H-pyrrole nitrogens is 1. The number of aromatic amines is 1. The van der Waals surface area contributed by atoms with Crippen molar-refractivity contribution in [1.29, 1.82) is 0 Å². The average molecular weight is 454 g/mol. The molecule has 9 N–H and O–H groups in total. The summed E-state index contributed by atoms with van der Waals surface area (Å²) >= 11 is 0. The number of hydrogen-bond acceptors (Lipinski definition) is 7. The molecule has 0 aliphatic rings. The van der Waals surface area contributed by atoms with E-state index in [-0.39, 0.29) is 12.3 Å². The number of rotatable bonds is 13. The topological polar surface area (TPSA) is 222 Å². The van der Waals surface area contributed by atoms with Gasteiger partial charge in [0, 0.05) is 18.3 Å². The minimum Gasteiger partial charge on any atom is -0.480 e. The van der Waals surface area contributed by atoms with E-state index in [1.165, 1.54) is 19.4 Å². The zero-order valence-corrected chi connectivity index (χ0v) is 18.3. The van der Waals surface area contributed by atoms with Crippen molar-refractivity contribution in [1.82, 2.24) is 25.9 Å². The summed E-state index contributed by atoms with van der Waals surface area (Å²) in [4.78, 5) is 66.4. The van der Waals surface area contributed by atoms with Crippen molar-refractivity contribution in [3.05, 3.63) is 18.2 Å². The predicted molar refractivity (Wildman–Crippen MR) is 113 cm³/mol. The first kappa shape index (κ1) is 26.6. The van der Waals surface area contributed by atoms with Crippen molar-refractivity contribution < 1.29 is 29.1 Å². The van der Waals surface area contributed by atoms with E-state index in [2.05, 4.69) is 25.9 Å². The second kappa shape index (κ2) is 12.4. The Hall–Kier alpha value is -3.48. The van der Waals surface area contributed by atoms with Crippen LogP contribution >= 0.6 is 0 Å². The number of carboxylic acids is 1. The van der Waals surface area contributed by atoms with Crippen LogP contribution in [0.15, 0.2) is 12.5 Å². The maximum Gasteiger partial charge on any atom is 0.326 e. The fourth-order valence-corrected chi connectivity index (χ4v) is 2.80. The number of nitrogens with one attached hydrogen (secondary N) is 4. The number of aromatic nitrogens is 2. The summed E-state index contributed by atoms with van der Waals surface area (Å²) < 4.78 is 0. The van der Waals surface area contributed by atoms with Crippen LogP contribution in [0.3, 0.4) is 0 Å². The Balaban J connectivity index is 2.85. The number of nitrogens with zero attached hydrogens (tertiary/aromatic N) is 1. The molecule has 178 valence electrons. The number of nitrogens with two attached hydrogens (primary N) is 2. The molecule has 0 aromatic carbocycles. The van der Waals surface area contributed by atoms with Gasteiger partial charge in [-0.05, 0) is 19.3 Å². The van der Waals surface area contributed by atoms with Crippen molar-refractivity contribution in [2.75, 3.05) is 0 Å². The van der Waals surface area contributed by atoms with Crippen LogP contribution in [0, 0.1) is 5.92 Å². The van der Waals surface area contributed by atoms with Gasteiger partial charge in [-0.1, -0.05) is 13.8 Å². The predicted octanol–water partition coefficient (Wildman–Crippen LogP) is -2.24. The maximum absolute atomic E-state index is 12.8. The molecule has 0 radical (unpaired) electrons. The van der Waals surface area contributed by atoms with Crippen LogP contribution in [0.5, 0.6) is 0 Å². The van der Waals surface area contributed by atoms with E-state index in [1.54, 1.807) is 0 Å². The van der Waals surface area contributed by atoms with E-state index in [1.807, 2.05) is 13.8 Å². The molecule has 0 aliphatic carbocycles. The second-order valence-corrected chi connectivity index (χ2v) is 7.88. The Bertz CT molecular complexity index is 811. The Morgan fingerprint density at radius 2 is 1.66 bits per heavy atom. The monoisotopic (exact) mass is 453 g/mol. The molecule has 0 aliphatic heterocycles. The lowest BCUT2D eigenvalue weighted by molar-refractivity contribution is -0.143. The molecule has 13 heteroatoms. The lowest BCUT2D eigenvalue weighted by atomic mass is 10.0. The maximum atomic E-state index is 12.8. The molecule has 32 heavy (non-hydrogen) atoms. The third kappa shape index (κ3) is 9.12. The highest BCUT2D eigenvalue weighted by Crippen LogP contribution is 2.05. The summed E-state index contributed by atoms with van der Waals surface area (Å²) in [5.74, 6) is -4.23. The highest BCUT2D eigenvalue weighted by Gasteiger charge is 2.29. The molecule has 0 bridgehead atoms. The van der Waals surface area contributed by atoms with Gasteiger partial charge in [-0.25, -0.2) is 9.78 Å². The number of carbonyl (C=O) groups excluding carboxylic acids is 4. The van der Waals surface area contributed by atoms with Crippen LogP contribution < -0.4 is 27.4 Å². The van der Waals surface area contributed by atoms with E-state index >= 15 is 0 Å². The normalized spacial score (nSPS) is 14.7. The third-order valence-electron chi connectivity index (χ3n) is 4.45. The smallest absolute Gasteiger partial charge is 0.326 e. The van der Waals surface area contributed by atoms with Crippen molar-refractivity contribution in [3.8, 4) is 0 Å². The molecule has 0 saturated heterocycles. The summed E-state index contributed by atoms with van der Waals surface area (Å²) in [6.07, 6.45) is 2.77. The number of primary amides is 1. The number of carboxylic acid groups (broad SMARTS) is 1. The van der Waals surface area contributed by atoms with Gasteiger partial charge in [0.25, 0.3) is 0 Å². The zero-order valence-electron chi connectivity index (χ0n) is 18.3. The lowest BCUT2D eigenvalue weighted by Gasteiger charge is -2.23. The van der Waals surface area contributed by atoms with Crippen molar-refractivity contribution in [2.24, 2.45) is 17.4 Å². The first-order chi connectivity index (χ1) is 14.9. The van der Waals surface area contributed by atoms with Crippen LogP contribution in [0.4, 0.5) is 0 Å². The van der Waals surface area contributed by atoms with Crippen molar-refractivity contribution >= 4 is 29.6 Å². The first-order valence-electron chi connectivity index (χ1n) is 10.1. The molecule has 1 aromatic rings. The van der Waals surface area contributed by atoms with E-state index < -0.39 is 60.2 Å². The van der Waals surface area contributed by atoms with Gasteiger partial charge >= 0.3 is 5.97 Å². The molecule has 4 unspecified atom stereocenters. The molecular weight excluding hydrogens is 422 g/mol. The first-order valence-corrected chi connectivity index (χ1v) is 10.1. The van der Waals surface area contributed by atoms with E-state index in [9.17, 15) is 24.0 Å². The van der Waals surface area contributed by atoms with Gasteiger partial charge in [-0.3, -0.25) is 19.2 Å². The molecule has 13 nitrogen and oxygen atoms in total. The SMILES string of the molecule is CC(C)CC(N)C(=O)NC(Cc1cnc[nH]1)C(=O)NC(C)C(=O)NC(CC(N)=O)C(=O)O. The lowest BCUT2D eigenvalue weighted by Crippen LogP contribution is -2.57. The number of carbonyl (C=O) groups is 5. The number of hydrogen-bond donors (Lipinski definition) is 7. The number of imidazole rings is 1. The quantitative estimate of drug-likeness (QED) is 0.172. The van der Waals surface area contributed by atoms with Gasteiger partial charge in [0.1, 0.15) is 18.1 Å². The fourth-order valence-electron chi connectivity index (χ4n) is 2.80. The van der Waals surface area contributed by atoms with E-state index in [0.29, 0.717) is 12.1 Å². The van der Waals surface area contributed by atoms with E-state index in [4.69, 9.17) is 16.6 Å². The van der Waals surface area contributed by atoms with Crippen LogP contribution in [-0.4, -0.2) is 68.8 Å². The summed E-state index contributed by atoms with van der Waals surface area (Å²) in [6.45, 7) is 5.14. The van der Waals surface area contributed by atoms with Crippen LogP contribution in [-0.2, 0) is 30.4 Å². The molecular formula is C19H31N7O6. The Morgan fingerprint density at radius 3 is 2.16 bits per heavy atom. The van der Waals surface area contributed by atoms with Gasteiger partial charge in [-0.2, -0.15) is 0 Å². The Labute approximate surface area is 185 Å².